The number of rotatable bonds is 7. The second-order valence-electron chi connectivity index (χ2n) is 3.85. The van der Waals surface area contributed by atoms with E-state index in [0.29, 0.717) is 0 Å². The first-order valence-corrected chi connectivity index (χ1v) is 6.84. The van der Waals surface area contributed by atoms with Crippen LogP contribution in [-0.4, -0.2) is 0 Å². The molecule has 1 heterocycles. The Morgan fingerprint density at radius 2 is 2.13 bits per heavy atom. The van der Waals surface area contributed by atoms with Gasteiger partial charge in [-0.3, -0.25) is 0 Å². The Balaban J connectivity index is 2.53. The molecule has 1 nitrogen and oxygen atoms in total. The van der Waals surface area contributed by atoms with E-state index < -0.39 is 0 Å². The van der Waals surface area contributed by atoms with Gasteiger partial charge in [0.25, 0.3) is 0 Å². The van der Waals surface area contributed by atoms with Crippen molar-refractivity contribution in [1.82, 2.24) is 0 Å². The van der Waals surface area contributed by atoms with Gasteiger partial charge >= 0.3 is 0 Å². The molecule has 0 saturated heterocycles. The van der Waals surface area contributed by atoms with Crippen LogP contribution >= 0.6 is 11.3 Å². The van der Waals surface area contributed by atoms with E-state index in [1.165, 1.54) is 37.8 Å². The van der Waals surface area contributed by atoms with Gasteiger partial charge in [-0.05, 0) is 19.4 Å². The summed E-state index contributed by atoms with van der Waals surface area (Å²) in [6, 6.07) is 0. The topological polar surface area (TPSA) is 3.88 Å². The van der Waals surface area contributed by atoms with E-state index in [1.54, 1.807) is 4.88 Å². The number of aromatic nitrogens is 1. The fourth-order valence-corrected chi connectivity index (χ4v) is 2.95. The molecule has 1 aromatic rings. The highest BCUT2D eigenvalue weighted by Crippen LogP contribution is 2.16. The van der Waals surface area contributed by atoms with Gasteiger partial charge in [-0.25, -0.2) is 0 Å². The van der Waals surface area contributed by atoms with Crippen molar-refractivity contribution < 1.29 is 4.57 Å². The van der Waals surface area contributed by atoms with Crippen LogP contribution in [0.5, 0.6) is 0 Å². The molecule has 0 spiro atoms. The van der Waals surface area contributed by atoms with E-state index in [4.69, 9.17) is 0 Å². The third-order valence-electron chi connectivity index (χ3n) is 2.73. The molecule has 15 heavy (non-hydrogen) atoms. The molecule has 0 fully saturated rings. The minimum Gasteiger partial charge on any atom is -0.161 e. The zero-order chi connectivity index (χ0) is 11.1. The third-order valence-corrected chi connectivity index (χ3v) is 3.79. The van der Waals surface area contributed by atoms with Crippen molar-refractivity contribution in [3.8, 4) is 0 Å². The molecule has 84 valence electrons. The summed E-state index contributed by atoms with van der Waals surface area (Å²) in [7, 11) is 0. The summed E-state index contributed by atoms with van der Waals surface area (Å²) < 4.78 is 2.17. The maximum absolute atomic E-state index is 3.83. The quantitative estimate of drug-likeness (QED) is 0.489. The Morgan fingerprint density at radius 1 is 1.33 bits per heavy atom. The van der Waals surface area contributed by atoms with E-state index in [9.17, 15) is 0 Å². The van der Waals surface area contributed by atoms with Crippen LogP contribution in [0.15, 0.2) is 12.1 Å². The van der Waals surface area contributed by atoms with Crippen molar-refractivity contribution in [3.05, 3.63) is 22.7 Å². The summed E-state index contributed by atoms with van der Waals surface area (Å²) in [4.78, 5) is 1.55. The molecule has 0 bridgehead atoms. The van der Waals surface area contributed by atoms with Crippen LogP contribution in [0.3, 0.4) is 0 Å². The predicted molar refractivity (Wildman–Crippen MR) is 68.1 cm³/mol. The van der Waals surface area contributed by atoms with Crippen molar-refractivity contribution in [1.29, 1.82) is 0 Å². The zero-order valence-corrected chi connectivity index (χ0v) is 10.8. The van der Waals surface area contributed by atoms with Crippen LogP contribution in [0.2, 0.25) is 0 Å². The first kappa shape index (κ1) is 12.4. The minimum absolute atomic E-state index is 1.11. The molecular formula is C13H22NS+. The second-order valence-corrected chi connectivity index (χ2v) is 4.79. The summed E-state index contributed by atoms with van der Waals surface area (Å²) in [5.41, 5.74) is 3.62. The van der Waals surface area contributed by atoms with Crippen LogP contribution in [-0.2, 0) is 12.8 Å². The van der Waals surface area contributed by atoms with Gasteiger partial charge in [0.05, 0.1) is 4.88 Å². The molecule has 1 rings (SSSR count). The lowest BCUT2D eigenvalue weighted by Crippen LogP contribution is -2.27. The molecule has 0 saturated carbocycles. The van der Waals surface area contributed by atoms with Gasteiger partial charge in [0.1, 0.15) is 0 Å². The molecule has 2 heteroatoms. The van der Waals surface area contributed by atoms with Crippen molar-refractivity contribution in [2.24, 2.45) is 0 Å². The summed E-state index contributed by atoms with van der Waals surface area (Å²) >= 11 is 1.88. The second kappa shape index (κ2) is 6.78. The zero-order valence-electron chi connectivity index (χ0n) is 9.96. The highest BCUT2D eigenvalue weighted by atomic mass is 32.1. The lowest BCUT2D eigenvalue weighted by atomic mass is 10.1. The minimum atomic E-state index is 1.11. The van der Waals surface area contributed by atoms with Gasteiger partial charge in [0.2, 0.25) is 11.2 Å². The van der Waals surface area contributed by atoms with Gasteiger partial charge in [-0.1, -0.05) is 44.4 Å². The molecule has 0 radical (unpaired) electrons. The number of nitrogens with zero attached hydrogens (tertiary/aromatic N) is 1. The van der Waals surface area contributed by atoms with Crippen LogP contribution < -0.4 is 4.57 Å². The van der Waals surface area contributed by atoms with Crippen LogP contribution in [0.4, 0.5) is 0 Å². The monoisotopic (exact) mass is 224 g/mol. The van der Waals surface area contributed by atoms with Crippen LogP contribution in [0.25, 0.3) is 6.20 Å². The molecule has 0 aliphatic heterocycles. The number of unbranched alkanes of at least 4 members (excludes halogenated alkanes) is 3. The first-order valence-electron chi connectivity index (χ1n) is 5.96. The number of hydrogen-bond acceptors (Lipinski definition) is 1. The molecule has 0 amide bonds. The Morgan fingerprint density at radius 3 is 2.73 bits per heavy atom. The number of hydrogen-bond donors (Lipinski definition) is 0. The smallest absolute Gasteiger partial charge is 0.161 e. The van der Waals surface area contributed by atoms with Crippen molar-refractivity contribution in [2.45, 2.75) is 52.4 Å². The molecule has 1 aromatic heterocycles. The summed E-state index contributed by atoms with van der Waals surface area (Å²) in [6.45, 7) is 8.31. The maximum atomic E-state index is 3.83. The average Bonchev–Trinajstić information content (AvgIpc) is 2.66. The molecule has 0 aromatic carbocycles. The third kappa shape index (κ3) is 3.45. The highest BCUT2D eigenvalue weighted by molar-refractivity contribution is 7.09. The normalized spacial score (nSPS) is 10.5. The van der Waals surface area contributed by atoms with E-state index in [1.807, 2.05) is 17.5 Å². The highest BCUT2D eigenvalue weighted by Gasteiger charge is 2.14. The largest absolute Gasteiger partial charge is 0.230 e. The lowest BCUT2D eigenvalue weighted by Gasteiger charge is -1.98. The van der Waals surface area contributed by atoms with Gasteiger partial charge in [-0.15, -0.1) is 0 Å². The Kier molecular flexibility index (Phi) is 5.62. The molecule has 0 aliphatic rings. The lowest BCUT2D eigenvalue weighted by molar-refractivity contribution is -0.571. The molecule has 0 aliphatic carbocycles. The molecule has 0 atom stereocenters. The van der Waals surface area contributed by atoms with E-state index >= 15 is 0 Å². The molecule has 0 unspecified atom stereocenters. The maximum Gasteiger partial charge on any atom is 0.230 e. The number of thiazole rings is 1. The van der Waals surface area contributed by atoms with Crippen molar-refractivity contribution in [2.75, 3.05) is 0 Å². The fourth-order valence-electron chi connectivity index (χ4n) is 1.84. The van der Waals surface area contributed by atoms with E-state index in [0.717, 1.165) is 6.42 Å². The fraction of sp³-hybridized carbons (Fsp3) is 0.615. The van der Waals surface area contributed by atoms with Crippen LogP contribution in [0.1, 0.15) is 50.1 Å². The van der Waals surface area contributed by atoms with Crippen LogP contribution in [0, 0.1) is 0 Å². The average molecular weight is 224 g/mol. The summed E-state index contributed by atoms with van der Waals surface area (Å²) in [6.07, 6.45) is 9.65. The Hall–Kier alpha value is -0.630. The van der Waals surface area contributed by atoms with Gasteiger partial charge in [0.15, 0.2) is 6.20 Å². The standard InChI is InChI=1S/C13H22NS/c1-4-7-8-9-10-13-12(5-2)14(6-3)11-15-13/h6,11H,3-5,7-10H2,1-2H3/q+1. The Labute approximate surface area is 97.5 Å². The molecular weight excluding hydrogens is 202 g/mol. The summed E-state index contributed by atoms with van der Waals surface area (Å²) in [5.74, 6) is 0. The van der Waals surface area contributed by atoms with Crippen molar-refractivity contribution in [3.63, 3.8) is 0 Å². The van der Waals surface area contributed by atoms with E-state index in [2.05, 4.69) is 30.5 Å². The predicted octanol–water partition coefficient (Wildman–Crippen LogP) is 3.82. The Bertz CT molecular complexity index is 301. The first-order chi connectivity index (χ1) is 7.33. The molecule has 0 N–H and O–H groups in total. The van der Waals surface area contributed by atoms with Gasteiger partial charge in [-0.2, -0.15) is 4.57 Å². The number of aryl methyl sites for hydroxylation is 1. The van der Waals surface area contributed by atoms with Crippen molar-refractivity contribution >= 4 is 17.5 Å². The SMILES string of the molecule is C=C[n+]1csc(CCCCCC)c1CC. The van der Waals surface area contributed by atoms with Gasteiger partial charge in [0, 0.05) is 6.42 Å². The van der Waals surface area contributed by atoms with Gasteiger partial charge < -0.3 is 0 Å². The van der Waals surface area contributed by atoms with E-state index in [-0.39, 0.29) is 0 Å². The summed E-state index contributed by atoms with van der Waals surface area (Å²) in [5, 5.41) is 0.